The van der Waals surface area contributed by atoms with Crippen molar-refractivity contribution in [2.75, 3.05) is 0 Å². The van der Waals surface area contributed by atoms with Gasteiger partial charge in [-0.15, -0.1) is 0 Å². The number of hydrogen-bond acceptors (Lipinski definition) is 0. The minimum atomic E-state index is 0.794. The summed E-state index contributed by atoms with van der Waals surface area (Å²) in [6, 6.07) is 15.6. The van der Waals surface area contributed by atoms with Gasteiger partial charge in [-0.05, 0) is 66.8 Å². The highest BCUT2D eigenvalue weighted by molar-refractivity contribution is 5.37. The first-order chi connectivity index (χ1) is 8.74. The minimum Gasteiger partial charge on any atom is -0.0620 e. The molecule has 0 fully saturated rings. The zero-order valence-electron chi connectivity index (χ0n) is 11.2. The third-order valence-electron chi connectivity index (χ3n) is 4.27. The summed E-state index contributed by atoms with van der Waals surface area (Å²) in [6.45, 7) is 4.48. The van der Waals surface area contributed by atoms with Gasteiger partial charge < -0.3 is 0 Å². The highest BCUT2D eigenvalue weighted by atomic mass is 14.3. The molecule has 0 heterocycles. The Morgan fingerprint density at radius 3 is 1.94 bits per heavy atom. The lowest BCUT2D eigenvalue weighted by molar-refractivity contribution is 0.556. The first-order valence-electron chi connectivity index (χ1n) is 6.86. The van der Waals surface area contributed by atoms with Crippen molar-refractivity contribution < 1.29 is 0 Å². The number of aryl methyl sites for hydroxylation is 2. The van der Waals surface area contributed by atoms with Crippen molar-refractivity contribution in [1.29, 1.82) is 0 Å². The third kappa shape index (κ3) is 2.08. The van der Waals surface area contributed by atoms with E-state index >= 15 is 0 Å². The lowest BCUT2D eigenvalue weighted by Crippen LogP contribution is -2.06. The fraction of sp³-hybridized carbons (Fsp3) is 0.333. The van der Waals surface area contributed by atoms with E-state index in [4.69, 9.17) is 0 Å². The van der Waals surface area contributed by atoms with Crippen molar-refractivity contribution >= 4 is 0 Å². The molecule has 18 heavy (non-hydrogen) atoms. The average Bonchev–Trinajstić information content (AvgIpc) is 2.76. The Kier molecular flexibility index (Phi) is 2.95. The molecule has 0 atom stereocenters. The van der Waals surface area contributed by atoms with Gasteiger partial charge in [0.1, 0.15) is 0 Å². The van der Waals surface area contributed by atoms with E-state index in [1.54, 1.807) is 16.7 Å². The van der Waals surface area contributed by atoms with Crippen LogP contribution in [0.25, 0.3) is 0 Å². The van der Waals surface area contributed by atoms with E-state index in [0.717, 1.165) is 5.92 Å². The van der Waals surface area contributed by atoms with Crippen molar-refractivity contribution in [2.24, 2.45) is 5.92 Å². The van der Waals surface area contributed by atoms with Gasteiger partial charge in [0.15, 0.2) is 0 Å². The van der Waals surface area contributed by atoms with E-state index in [2.05, 4.69) is 56.3 Å². The van der Waals surface area contributed by atoms with Crippen LogP contribution in [0.3, 0.4) is 0 Å². The molecule has 92 valence electrons. The Balaban J connectivity index is 1.80. The molecule has 0 aliphatic heterocycles. The van der Waals surface area contributed by atoms with Crippen LogP contribution in [0.4, 0.5) is 0 Å². The molecule has 0 heteroatoms. The standard InChI is InChI=1S/C18H20/c1-13-6-5-7-14(2)18(13)12-15-10-16-8-3-4-9-17(16)11-15/h3-9,15H,10-12H2,1-2H3. The van der Waals surface area contributed by atoms with Crippen LogP contribution < -0.4 is 0 Å². The van der Waals surface area contributed by atoms with E-state index in [0.29, 0.717) is 0 Å². The summed E-state index contributed by atoms with van der Waals surface area (Å²) in [5.74, 6) is 0.794. The molecular formula is C18H20. The molecule has 0 nitrogen and oxygen atoms in total. The second-order valence-electron chi connectivity index (χ2n) is 5.62. The smallest absolute Gasteiger partial charge is 0.0239 e. The molecule has 2 aromatic carbocycles. The van der Waals surface area contributed by atoms with Gasteiger partial charge in [-0.3, -0.25) is 0 Å². The molecule has 2 aromatic rings. The minimum absolute atomic E-state index is 0.794. The SMILES string of the molecule is Cc1cccc(C)c1CC1Cc2ccccc2C1. The van der Waals surface area contributed by atoms with Crippen molar-refractivity contribution in [3.8, 4) is 0 Å². The van der Waals surface area contributed by atoms with Gasteiger partial charge in [0.05, 0.1) is 0 Å². The average molecular weight is 236 g/mol. The molecule has 0 bridgehead atoms. The second-order valence-corrected chi connectivity index (χ2v) is 5.62. The largest absolute Gasteiger partial charge is 0.0620 e. The van der Waals surface area contributed by atoms with Gasteiger partial charge in [-0.25, -0.2) is 0 Å². The van der Waals surface area contributed by atoms with E-state index in [-0.39, 0.29) is 0 Å². The normalized spacial score (nSPS) is 14.8. The predicted octanol–water partition coefficient (Wildman–Crippen LogP) is 4.26. The molecule has 0 saturated carbocycles. The Morgan fingerprint density at radius 1 is 0.833 bits per heavy atom. The molecule has 0 N–H and O–H groups in total. The van der Waals surface area contributed by atoms with Gasteiger partial charge in [0.25, 0.3) is 0 Å². The van der Waals surface area contributed by atoms with Gasteiger partial charge in [0.2, 0.25) is 0 Å². The monoisotopic (exact) mass is 236 g/mol. The van der Waals surface area contributed by atoms with Crippen molar-refractivity contribution in [2.45, 2.75) is 33.1 Å². The maximum Gasteiger partial charge on any atom is -0.0239 e. The third-order valence-corrected chi connectivity index (χ3v) is 4.27. The zero-order valence-corrected chi connectivity index (χ0v) is 11.2. The molecular weight excluding hydrogens is 216 g/mol. The summed E-state index contributed by atoms with van der Waals surface area (Å²) < 4.78 is 0. The van der Waals surface area contributed by atoms with Crippen LogP contribution in [0, 0.1) is 19.8 Å². The van der Waals surface area contributed by atoms with Gasteiger partial charge in [0, 0.05) is 0 Å². The number of benzene rings is 2. The van der Waals surface area contributed by atoms with E-state index in [9.17, 15) is 0 Å². The molecule has 0 amide bonds. The van der Waals surface area contributed by atoms with Crippen molar-refractivity contribution in [1.82, 2.24) is 0 Å². The van der Waals surface area contributed by atoms with Gasteiger partial charge >= 0.3 is 0 Å². The lowest BCUT2D eigenvalue weighted by atomic mass is 9.91. The van der Waals surface area contributed by atoms with E-state index < -0.39 is 0 Å². The van der Waals surface area contributed by atoms with Crippen LogP contribution >= 0.6 is 0 Å². The molecule has 0 spiro atoms. The summed E-state index contributed by atoms with van der Waals surface area (Å²) in [7, 11) is 0. The molecule has 1 aliphatic carbocycles. The highest BCUT2D eigenvalue weighted by Gasteiger charge is 2.21. The number of rotatable bonds is 2. The molecule has 0 radical (unpaired) electrons. The second kappa shape index (κ2) is 4.61. The summed E-state index contributed by atoms with van der Waals surface area (Å²) in [5.41, 5.74) is 7.59. The Morgan fingerprint density at radius 2 is 1.39 bits per heavy atom. The molecule has 3 rings (SSSR count). The quantitative estimate of drug-likeness (QED) is 0.731. The topological polar surface area (TPSA) is 0 Å². The van der Waals surface area contributed by atoms with Crippen LogP contribution in [0.1, 0.15) is 27.8 Å². The van der Waals surface area contributed by atoms with Crippen LogP contribution in [-0.4, -0.2) is 0 Å². The summed E-state index contributed by atoms with van der Waals surface area (Å²) >= 11 is 0. The zero-order chi connectivity index (χ0) is 12.5. The van der Waals surface area contributed by atoms with Crippen LogP contribution in [0.5, 0.6) is 0 Å². The molecule has 0 saturated heterocycles. The highest BCUT2D eigenvalue weighted by Crippen LogP contribution is 2.30. The number of fused-ring (bicyclic) bond motifs is 1. The fourth-order valence-electron chi connectivity index (χ4n) is 3.25. The van der Waals surface area contributed by atoms with Gasteiger partial charge in [-0.1, -0.05) is 42.5 Å². The predicted molar refractivity (Wildman–Crippen MR) is 77.0 cm³/mol. The Labute approximate surface area is 110 Å². The first kappa shape index (κ1) is 11.5. The summed E-state index contributed by atoms with van der Waals surface area (Å²) in [4.78, 5) is 0. The maximum absolute atomic E-state index is 2.29. The molecule has 0 aromatic heterocycles. The fourth-order valence-corrected chi connectivity index (χ4v) is 3.25. The van der Waals surface area contributed by atoms with Crippen LogP contribution in [0.2, 0.25) is 0 Å². The Bertz CT molecular complexity index is 521. The Hall–Kier alpha value is -1.56. The van der Waals surface area contributed by atoms with E-state index in [1.165, 1.54) is 30.4 Å². The van der Waals surface area contributed by atoms with Crippen molar-refractivity contribution in [3.63, 3.8) is 0 Å². The lowest BCUT2D eigenvalue weighted by Gasteiger charge is -2.14. The van der Waals surface area contributed by atoms with Crippen molar-refractivity contribution in [3.05, 3.63) is 70.3 Å². The molecule has 0 unspecified atom stereocenters. The number of hydrogen-bond donors (Lipinski definition) is 0. The van der Waals surface area contributed by atoms with Crippen LogP contribution in [0.15, 0.2) is 42.5 Å². The summed E-state index contributed by atoms with van der Waals surface area (Å²) in [5, 5.41) is 0. The summed E-state index contributed by atoms with van der Waals surface area (Å²) in [6.07, 6.45) is 3.74. The van der Waals surface area contributed by atoms with E-state index in [1.807, 2.05) is 0 Å². The first-order valence-corrected chi connectivity index (χ1v) is 6.86. The van der Waals surface area contributed by atoms with Crippen LogP contribution in [-0.2, 0) is 19.3 Å². The van der Waals surface area contributed by atoms with Gasteiger partial charge in [-0.2, -0.15) is 0 Å². The maximum atomic E-state index is 2.29. The molecule has 1 aliphatic rings.